The van der Waals surface area contributed by atoms with Gasteiger partial charge in [-0.2, -0.15) is 0 Å². The molecule has 0 heterocycles. The van der Waals surface area contributed by atoms with E-state index in [1.165, 1.54) is 66.1 Å². The van der Waals surface area contributed by atoms with Crippen LogP contribution in [0.5, 0.6) is 0 Å². The van der Waals surface area contributed by atoms with Crippen LogP contribution in [0.3, 0.4) is 0 Å². The lowest BCUT2D eigenvalue weighted by molar-refractivity contribution is 1.28. The van der Waals surface area contributed by atoms with Gasteiger partial charge in [-0.05, 0) is 109 Å². The van der Waals surface area contributed by atoms with Crippen LogP contribution in [-0.2, 0) is 0 Å². The molecule has 1 heteroatoms. The van der Waals surface area contributed by atoms with Crippen molar-refractivity contribution < 1.29 is 0 Å². The zero-order valence-corrected chi connectivity index (χ0v) is 28.2. The summed E-state index contributed by atoms with van der Waals surface area (Å²) in [5, 5.41) is 5.09. The van der Waals surface area contributed by atoms with Gasteiger partial charge in [0.05, 0.1) is 0 Å². The normalized spacial score (nSPS) is 11.1. The highest BCUT2D eigenvalue weighted by molar-refractivity contribution is 6.13. The van der Waals surface area contributed by atoms with E-state index in [0.29, 0.717) is 0 Å². The molecule has 0 radical (unpaired) electrons. The average molecular weight is 650 g/mol. The van der Waals surface area contributed by atoms with Gasteiger partial charge in [-0.3, -0.25) is 0 Å². The van der Waals surface area contributed by atoms with Crippen molar-refractivity contribution in [3.8, 4) is 44.5 Å². The van der Waals surface area contributed by atoms with Crippen molar-refractivity contribution in [2.24, 2.45) is 0 Å². The van der Waals surface area contributed by atoms with Crippen LogP contribution in [0.25, 0.3) is 66.1 Å². The molecule has 1 nitrogen and oxygen atoms in total. The summed E-state index contributed by atoms with van der Waals surface area (Å²) < 4.78 is 0. The van der Waals surface area contributed by atoms with Crippen molar-refractivity contribution in [1.82, 2.24) is 0 Å². The Kier molecular flexibility index (Phi) is 7.92. The molecule has 0 fully saturated rings. The standard InChI is InChI=1S/C50H35N/c1-4-15-36(16-5-1)45-25-14-26-46(50(45)39-17-6-2-7-18-39)37-27-31-42(32-28-37)51(41-20-8-3-9-21-41)43-33-29-38(30-34-43)49-35-40-19-10-11-22-44(40)47-23-12-13-24-48(47)49/h1-35H. The molecule has 0 bridgehead atoms. The minimum atomic E-state index is 1.11. The lowest BCUT2D eigenvalue weighted by atomic mass is 9.87. The molecule has 0 aliphatic carbocycles. The van der Waals surface area contributed by atoms with Crippen LogP contribution in [0, 0.1) is 0 Å². The van der Waals surface area contributed by atoms with E-state index in [4.69, 9.17) is 0 Å². The number of benzene rings is 9. The molecule has 0 N–H and O–H groups in total. The molecule has 0 saturated carbocycles. The van der Waals surface area contributed by atoms with Gasteiger partial charge in [0.25, 0.3) is 0 Å². The highest BCUT2D eigenvalue weighted by Gasteiger charge is 2.17. The van der Waals surface area contributed by atoms with Gasteiger partial charge in [0.2, 0.25) is 0 Å². The predicted octanol–water partition coefficient (Wildman–Crippen LogP) is 14.1. The molecule has 0 saturated heterocycles. The van der Waals surface area contributed by atoms with Gasteiger partial charge in [-0.1, -0.05) is 170 Å². The smallest absolute Gasteiger partial charge is 0.0462 e. The summed E-state index contributed by atoms with van der Waals surface area (Å²) in [7, 11) is 0. The molecule has 9 rings (SSSR count). The third-order valence-electron chi connectivity index (χ3n) is 9.87. The Morgan fingerprint density at radius 1 is 0.255 bits per heavy atom. The summed E-state index contributed by atoms with van der Waals surface area (Å²) in [6.07, 6.45) is 0. The van der Waals surface area contributed by atoms with Gasteiger partial charge in [-0.25, -0.2) is 0 Å². The molecule has 9 aromatic carbocycles. The quantitative estimate of drug-likeness (QED) is 0.155. The zero-order valence-electron chi connectivity index (χ0n) is 28.2. The van der Waals surface area contributed by atoms with Gasteiger partial charge in [0.15, 0.2) is 0 Å². The van der Waals surface area contributed by atoms with Crippen molar-refractivity contribution in [1.29, 1.82) is 0 Å². The fraction of sp³-hybridized carbons (Fsp3) is 0. The first-order valence-electron chi connectivity index (χ1n) is 17.5. The highest BCUT2D eigenvalue weighted by Crippen LogP contribution is 2.42. The summed E-state index contributed by atoms with van der Waals surface area (Å²) in [6, 6.07) is 76.5. The molecule has 0 aliphatic rings. The van der Waals surface area contributed by atoms with Gasteiger partial charge in [0, 0.05) is 17.1 Å². The minimum Gasteiger partial charge on any atom is -0.311 e. The van der Waals surface area contributed by atoms with Crippen LogP contribution in [0.2, 0.25) is 0 Å². The molecule has 0 aromatic heterocycles. The summed E-state index contributed by atoms with van der Waals surface area (Å²) >= 11 is 0. The van der Waals surface area contributed by atoms with Gasteiger partial charge in [-0.15, -0.1) is 0 Å². The maximum absolute atomic E-state index is 2.34. The first-order valence-corrected chi connectivity index (χ1v) is 17.5. The molecular weight excluding hydrogens is 615 g/mol. The third kappa shape index (κ3) is 5.75. The van der Waals surface area contributed by atoms with E-state index in [9.17, 15) is 0 Å². The Balaban J connectivity index is 1.12. The van der Waals surface area contributed by atoms with E-state index in [0.717, 1.165) is 17.1 Å². The van der Waals surface area contributed by atoms with Crippen LogP contribution >= 0.6 is 0 Å². The van der Waals surface area contributed by atoms with Crippen molar-refractivity contribution in [2.45, 2.75) is 0 Å². The molecule has 0 atom stereocenters. The van der Waals surface area contributed by atoms with E-state index in [1.807, 2.05) is 0 Å². The van der Waals surface area contributed by atoms with Gasteiger partial charge >= 0.3 is 0 Å². The molecular formula is C50H35N. The number of anilines is 3. The zero-order chi connectivity index (χ0) is 34.0. The second-order valence-corrected chi connectivity index (χ2v) is 12.9. The van der Waals surface area contributed by atoms with Crippen molar-refractivity contribution in [3.63, 3.8) is 0 Å². The van der Waals surface area contributed by atoms with E-state index in [2.05, 4.69) is 217 Å². The highest BCUT2D eigenvalue weighted by atomic mass is 15.1. The average Bonchev–Trinajstić information content (AvgIpc) is 3.22. The Hall–Kier alpha value is -6.70. The molecule has 0 spiro atoms. The van der Waals surface area contributed by atoms with Crippen LogP contribution < -0.4 is 4.90 Å². The van der Waals surface area contributed by atoms with E-state index in [-0.39, 0.29) is 0 Å². The van der Waals surface area contributed by atoms with Crippen LogP contribution in [-0.4, -0.2) is 0 Å². The maximum atomic E-state index is 2.34. The number of rotatable bonds is 7. The number of nitrogens with zero attached hydrogens (tertiary/aromatic N) is 1. The van der Waals surface area contributed by atoms with Crippen LogP contribution in [0.1, 0.15) is 0 Å². The minimum absolute atomic E-state index is 1.11. The van der Waals surface area contributed by atoms with E-state index in [1.54, 1.807) is 0 Å². The number of para-hydroxylation sites is 1. The third-order valence-corrected chi connectivity index (χ3v) is 9.87. The van der Waals surface area contributed by atoms with Gasteiger partial charge in [0.1, 0.15) is 0 Å². The second-order valence-electron chi connectivity index (χ2n) is 12.9. The van der Waals surface area contributed by atoms with Crippen LogP contribution in [0.4, 0.5) is 17.1 Å². The molecule has 9 aromatic rings. The van der Waals surface area contributed by atoms with E-state index >= 15 is 0 Å². The second kappa shape index (κ2) is 13.3. The number of hydrogen-bond donors (Lipinski definition) is 0. The van der Waals surface area contributed by atoms with Crippen molar-refractivity contribution >= 4 is 38.6 Å². The van der Waals surface area contributed by atoms with Crippen molar-refractivity contribution in [2.75, 3.05) is 4.90 Å². The lowest BCUT2D eigenvalue weighted by Gasteiger charge is -2.26. The summed E-state index contributed by atoms with van der Waals surface area (Å²) in [5.74, 6) is 0. The predicted molar refractivity (Wildman–Crippen MR) is 218 cm³/mol. The lowest BCUT2D eigenvalue weighted by Crippen LogP contribution is -2.09. The Morgan fingerprint density at radius 3 is 1.29 bits per heavy atom. The monoisotopic (exact) mass is 649 g/mol. The summed E-state index contributed by atoms with van der Waals surface area (Å²) in [5.41, 5.74) is 13.1. The van der Waals surface area contributed by atoms with E-state index < -0.39 is 0 Å². The Morgan fingerprint density at radius 2 is 0.686 bits per heavy atom. The maximum Gasteiger partial charge on any atom is 0.0462 e. The van der Waals surface area contributed by atoms with Crippen molar-refractivity contribution in [3.05, 3.63) is 212 Å². The Labute approximate surface area is 299 Å². The number of hydrogen-bond acceptors (Lipinski definition) is 1. The Bertz CT molecular complexity index is 2590. The molecule has 0 amide bonds. The fourth-order valence-corrected chi connectivity index (χ4v) is 7.46. The fourth-order valence-electron chi connectivity index (χ4n) is 7.46. The first kappa shape index (κ1) is 30.4. The topological polar surface area (TPSA) is 3.24 Å². The molecule has 240 valence electrons. The number of fused-ring (bicyclic) bond motifs is 3. The molecule has 0 unspecified atom stereocenters. The summed E-state index contributed by atoms with van der Waals surface area (Å²) in [4.78, 5) is 2.34. The first-order chi connectivity index (χ1) is 25.3. The van der Waals surface area contributed by atoms with Crippen LogP contribution in [0.15, 0.2) is 212 Å². The molecule has 0 aliphatic heterocycles. The SMILES string of the molecule is c1ccc(-c2cccc(-c3ccc(N(c4ccccc4)c4ccc(-c5cc6ccccc6c6ccccc56)cc4)cc3)c2-c2ccccc2)cc1. The molecule has 51 heavy (non-hydrogen) atoms. The summed E-state index contributed by atoms with van der Waals surface area (Å²) in [6.45, 7) is 0. The largest absolute Gasteiger partial charge is 0.311 e. The van der Waals surface area contributed by atoms with Gasteiger partial charge < -0.3 is 4.90 Å².